The molecule has 2 aliphatic heterocycles. The molecule has 2 aliphatic rings. The van der Waals surface area contributed by atoms with E-state index < -0.39 is 12.8 Å². The van der Waals surface area contributed by atoms with Gasteiger partial charge in [-0.3, -0.25) is 19.4 Å². The third kappa shape index (κ3) is 6.26. The van der Waals surface area contributed by atoms with Crippen LogP contribution in [0.4, 0.5) is 18.9 Å². The average molecular weight is 464 g/mol. The highest BCUT2D eigenvalue weighted by molar-refractivity contribution is 6.04. The van der Waals surface area contributed by atoms with Crippen LogP contribution in [0.15, 0.2) is 24.3 Å². The van der Waals surface area contributed by atoms with Crippen molar-refractivity contribution in [2.75, 3.05) is 50.8 Å². The van der Waals surface area contributed by atoms with Gasteiger partial charge in [-0.05, 0) is 25.1 Å². The molecule has 2 unspecified atom stereocenters. The van der Waals surface area contributed by atoms with Gasteiger partial charge in [0.2, 0.25) is 11.8 Å². The van der Waals surface area contributed by atoms with E-state index in [1.165, 1.54) is 4.90 Å². The number of para-hydroxylation sites is 2. The Kier molecular flexibility index (Phi) is 8.59. The van der Waals surface area contributed by atoms with E-state index in [2.05, 4.69) is 4.90 Å². The van der Waals surface area contributed by atoms with Crippen LogP contribution in [-0.4, -0.2) is 73.7 Å². The van der Waals surface area contributed by atoms with Crippen molar-refractivity contribution in [2.24, 2.45) is 11.8 Å². The summed E-state index contributed by atoms with van der Waals surface area (Å²) in [5.41, 5.74) is 0.664. The van der Waals surface area contributed by atoms with E-state index in [1.807, 2.05) is 4.90 Å². The normalized spacial score (nSPS) is 22.6. The number of rotatable bonds is 7. The number of carbonyl (C=O) groups excluding carboxylic acids is 2. The molecule has 0 aliphatic carbocycles. The molecule has 3 rings (SSSR count). The molecule has 0 radical (unpaired) electrons. The summed E-state index contributed by atoms with van der Waals surface area (Å²) in [7, 11) is 0. The van der Waals surface area contributed by atoms with Crippen molar-refractivity contribution in [1.29, 1.82) is 0 Å². The van der Waals surface area contributed by atoms with Crippen LogP contribution in [0.25, 0.3) is 0 Å². The van der Waals surface area contributed by atoms with Crippen molar-refractivity contribution in [3.05, 3.63) is 24.3 Å². The molecule has 1 aromatic carbocycles. The molecule has 2 saturated heterocycles. The number of anilines is 1. The summed E-state index contributed by atoms with van der Waals surface area (Å²) in [5, 5.41) is 0. The highest BCUT2D eigenvalue weighted by atomic mass is 35.5. The van der Waals surface area contributed by atoms with Gasteiger partial charge in [-0.2, -0.15) is 13.2 Å². The van der Waals surface area contributed by atoms with Gasteiger partial charge >= 0.3 is 6.18 Å². The summed E-state index contributed by atoms with van der Waals surface area (Å²) >= 11 is 0. The number of hydrogen-bond donors (Lipinski definition) is 0. The van der Waals surface area contributed by atoms with Gasteiger partial charge in [0.25, 0.3) is 0 Å². The van der Waals surface area contributed by atoms with Gasteiger partial charge in [-0.25, -0.2) is 0 Å². The van der Waals surface area contributed by atoms with Crippen molar-refractivity contribution >= 4 is 29.9 Å². The number of alkyl halides is 3. The number of hydrogen-bond acceptors (Lipinski definition) is 5. The Morgan fingerprint density at radius 3 is 2.13 bits per heavy atom. The van der Waals surface area contributed by atoms with Crippen molar-refractivity contribution in [1.82, 2.24) is 9.80 Å². The Morgan fingerprint density at radius 1 is 0.968 bits per heavy atom. The number of likely N-dealkylation sites (tertiary alicyclic amines) is 1. The fourth-order valence-corrected chi connectivity index (χ4v) is 3.91. The zero-order valence-electron chi connectivity index (χ0n) is 17.7. The summed E-state index contributed by atoms with van der Waals surface area (Å²) in [5.74, 6) is -0.445. The van der Waals surface area contributed by atoms with Crippen LogP contribution in [-0.2, 0) is 9.59 Å². The van der Waals surface area contributed by atoms with Crippen LogP contribution in [0.5, 0.6) is 5.75 Å². The van der Waals surface area contributed by atoms with E-state index in [0.717, 1.165) is 19.6 Å². The number of carbonyl (C=O) groups is 2. The molecule has 0 bridgehead atoms. The minimum Gasteiger partial charge on any atom is -0.482 e. The van der Waals surface area contributed by atoms with E-state index in [4.69, 9.17) is 4.74 Å². The molecule has 0 saturated carbocycles. The van der Waals surface area contributed by atoms with Crippen molar-refractivity contribution < 1.29 is 27.5 Å². The van der Waals surface area contributed by atoms with E-state index in [9.17, 15) is 22.8 Å². The summed E-state index contributed by atoms with van der Waals surface area (Å²) < 4.78 is 42.5. The molecule has 0 spiro atoms. The Morgan fingerprint density at radius 2 is 1.55 bits per heavy atom. The summed E-state index contributed by atoms with van der Waals surface area (Å²) in [6.07, 6.45) is -3.66. The first-order valence-corrected chi connectivity index (χ1v) is 10.3. The number of piperazine rings is 1. The molecule has 6 nitrogen and oxygen atoms in total. The SMILES string of the molecule is CC1C(=O)N(CCCN2CCN(c3ccccc3OCC(F)(F)F)CC2)C(=O)C1C.Cl. The van der Waals surface area contributed by atoms with Gasteiger partial charge in [0.05, 0.1) is 5.69 Å². The first-order chi connectivity index (χ1) is 14.2. The molecule has 2 fully saturated rings. The Labute approximate surface area is 186 Å². The topological polar surface area (TPSA) is 53.1 Å². The molecular weight excluding hydrogens is 435 g/mol. The second-order valence-electron chi connectivity index (χ2n) is 7.96. The first-order valence-electron chi connectivity index (χ1n) is 10.3. The minimum absolute atomic E-state index is 0. The fourth-order valence-electron chi connectivity index (χ4n) is 3.91. The molecule has 2 heterocycles. The van der Waals surface area contributed by atoms with Gasteiger partial charge < -0.3 is 9.64 Å². The van der Waals surface area contributed by atoms with Crippen LogP contribution in [0.3, 0.4) is 0 Å². The maximum absolute atomic E-state index is 12.5. The maximum atomic E-state index is 12.5. The van der Waals surface area contributed by atoms with E-state index in [-0.39, 0.29) is 41.8 Å². The Hall–Kier alpha value is -2.00. The molecule has 174 valence electrons. The van der Waals surface area contributed by atoms with Crippen LogP contribution < -0.4 is 9.64 Å². The fraction of sp³-hybridized carbons (Fsp3) is 0.619. The molecule has 10 heteroatoms. The molecular formula is C21H29ClF3N3O3. The number of ether oxygens (including phenoxy) is 1. The third-order valence-electron chi connectivity index (χ3n) is 5.89. The lowest BCUT2D eigenvalue weighted by Crippen LogP contribution is -2.47. The first kappa shape index (κ1) is 25.3. The van der Waals surface area contributed by atoms with E-state index in [1.54, 1.807) is 38.1 Å². The standard InChI is InChI=1S/C21H28F3N3O3.ClH/c1-15-16(2)20(29)27(19(15)28)9-5-8-25-10-12-26(13-11-25)17-6-3-4-7-18(17)30-14-21(22,23)24;/h3-4,6-7,15-16H,5,8-14H2,1-2H3;1H. The zero-order valence-corrected chi connectivity index (χ0v) is 18.5. The van der Waals surface area contributed by atoms with E-state index >= 15 is 0 Å². The van der Waals surface area contributed by atoms with Crippen molar-refractivity contribution in [2.45, 2.75) is 26.4 Å². The highest BCUT2D eigenvalue weighted by Crippen LogP contribution is 2.30. The number of amides is 2. The monoisotopic (exact) mass is 463 g/mol. The number of imide groups is 1. The molecule has 2 atom stereocenters. The molecule has 31 heavy (non-hydrogen) atoms. The van der Waals surface area contributed by atoms with Gasteiger partial charge in [-0.15, -0.1) is 12.4 Å². The number of benzene rings is 1. The Bertz CT molecular complexity index is 750. The lowest BCUT2D eigenvalue weighted by molar-refractivity contribution is -0.153. The largest absolute Gasteiger partial charge is 0.482 e. The second-order valence-corrected chi connectivity index (χ2v) is 7.96. The molecule has 2 amide bonds. The lowest BCUT2D eigenvalue weighted by atomic mass is 10.00. The lowest BCUT2D eigenvalue weighted by Gasteiger charge is -2.37. The quantitative estimate of drug-likeness (QED) is 0.581. The third-order valence-corrected chi connectivity index (χ3v) is 5.89. The zero-order chi connectivity index (χ0) is 21.9. The summed E-state index contributed by atoms with van der Waals surface area (Å²) in [4.78, 5) is 30.0. The van der Waals surface area contributed by atoms with Crippen molar-refractivity contribution in [3.8, 4) is 5.75 Å². The molecule has 0 aromatic heterocycles. The van der Waals surface area contributed by atoms with Gasteiger partial charge in [0.15, 0.2) is 6.61 Å². The number of halogens is 4. The van der Waals surface area contributed by atoms with E-state index in [0.29, 0.717) is 31.7 Å². The molecule has 1 aromatic rings. The van der Waals surface area contributed by atoms with Gasteiger partial charge in [-0.1, -0.05) is 26.0 Å². The predicted molar refractivity (Wildman–Crippen MR) is 114 cm³/mol. The average Bonchev–Trinajstić information content (AvgIpc) is 2.90. The summed E-state index contributed by atoms with van der Waals surface area (Å²) in [6.45, 7) is 6.31. The van der Waals surface area contributed by atoms with Crippen LogP contribution in [0, 0.1) is 11.8 Å². The van der Waals surface area contributed by atoms with Crippen LogP contribution in [0.2, 0.25) is 0 Å². The maximum Gasteiger partial charge on any atom is 0.422 e. The number of nitrogens with zero attached hydrogens (tertiary/aromatic N) is 3. The Balaban J connectivity index is 0.00000341. The summed E-state index contributed by atoms with van der Waals surface area (Å²) in [6, 6.07) is 6.77. The minimum atomic E-state index is -4.38. The highest BCUT2D eigenvalue weighted by Gasteiger charge is 2.41. The second kappa shape index (κ2) is 10.5. The van der Waals surface area contributed by atoms with Crippen LogP contribution in [0.1, 0.15) is 20.3 Å². The predicted octanol–water partition coefficient (Wildman–Crippen LogP) is 3.20. The van der Waals surface area contributed by atoms with Crippen LogP contribution >= 0.6 is 12.4 Å². The smallest absolute Gasteiger partial charge is 0.422 e. The van der Waals surface area contributed by atoms with Gasteiger partial charge in [0.1, 0.15) is 5.75 Å². The van der Waals surface area contributed by atoms with Gasteiger partial charge in [0, 0.05) is 44.6 Å². The molecule has 0 N–H and O–H groups in total. The van der Waals surface area contributed by atoms with Crippen molar-refractivity contribution in [3.63, 3.8) is 0 Å².